The van der Waals surface area contributed by atoms with Crippen molar-refractivity contribution in [1.29, 1.82) is 0 Å². The standard InChI is InChI=1S/C8H10NO5PS/c1-13-15(12,16-2)14-8-5-3-7(4-6-8)9(10)11/h3-6H,1-2H3/t15-/m0/s1. The Hall–Kier alpha value is -1.04. The minimum atomic E-state index is -3.20. The van der Waals surface area contributed by atoms with E-state index in [1.54, 1.807) is 6.26 Å². The third-order valence-corrected chi connectivity index (χ3v) is 5.05. The van der Waals surface area contributed by atoms with Gasteiger partial charge in [-0.25, -0.2) is 4.57 Å². The van der Waals surface area contributed by atoms with E-state index in [0.29, 0.717) is 0 Å². The van der Waals surface area contributed by atoms with Crippen molar-refractivity contribution in [2.75, 3.05) is 13.4 Å². The molecule has 0 aliphatic carbocycles. The van der Waals surface area contributed by atoms with E-state index >= 15 is 0 Å². The SMILES string of the molecule is CO[P@@](=O)(Oc1ccc([N+](=O)[O-])cc1)SC. The molecule has 1 atom stereocenters. The van der Waals surface area contributed by atoms with E-state index in [4.69, 9.17) is 9.05 Å². The van der Waals surface area contributed by atoms with Crippen molar-refractivity contribution in [2.45, 2.75) is 0 Å². The lowest BCUT2D eigenvalue weighted by Gasteiger charge is -2.13. The molecule has 0 aliphatic rings. The Labute approximate surface area is 96.4 Å². The number of hydrogen-bond donors (Lipinski definition) is 0. The van der Waals surface area contributed by atoms with Gasteiger partial charge < -0.3 is 4.52 Å². The molecule has 0 heterocycles. The Morgan fingerprint density at radius 3 is 2.31 bits per heavy atom. The molecule has 0 spiro atoms. The first-order valence-electron chi connectivity index (χ1n) is 4.16. The lowest BCUT2D eigenvalue weighted by atomic mass is 10.3. The molecule has 1 rings (SSSR count). The number of rotatable bonds is 5. The molecule has 0 bridgehead atoms. The molecule has 8 heteroatoms. The van der Waals surface area contributed by atoms with Crippen LogP contribution in [0.2, 0.25) is 0 Å². The Kier molecular flexibility index (Phi) is 4.35. The van der Waals surface area contributed by atoms with Crippen LogP contribution < -0.4 is 4.52 Å². The summed E-state index contributed by atoms with van der Waals surface area (Å²) in [6.45, 7) is -3.20. The van der Waals surface area contributed by atoms with Crippen LogP contribution in [0.4, 0.5) is 5.69 Å². The van der Waals surface area contributed by atoms with Crippen molar-refractivity contribution in [3.8, 4) is 5.75 Å². The molecular formula is C8H10NO5PS. The largest absolute Gasteiger partial charge is 0.439 e. The molecule has 88 valence electrons. The molecule has 0 radical (unpaired) electrons. The number of nitro groups is 1. The van der Waals surface area contributed by atoms with Gasteiger partial charge >= 0.3 is 6.80 Å². The van der Waals surface area contributed by atoms with Gasteiger partial charge in [0.2, 0.25) is 0 Å². The van der Waals surface area contributed by atoms with Crippen molar-refractivity contribution in [3.63, 3.8) is 0 Å². The monoisotopic (exact) mass is 263 g/mol. The molecule has 16 heavy (non-hydrogen) atoms. The molecule has 0 saturated carbocycles. The minimum absolute atomic E-state index is 0.0521. The van der Waals surface area contributed by atoms with Crippen LogP contribution in [0.25, 0.3) is 0 Å². The van der Waals surface area contributed by atoms with Gasteiger partial charge in [-0.15, -0.1) is 0 Å². The second kappa shape index (κ2) is 5.34. The molecule has 0 fully saturated rings. The van der Waals surface area contributed by atoms with Gasteiger partial charge in [-0.2, -0.15) is 0 Å². The van der Waals surface area contributed by atoms with Crippen LogP contribution in [-0.2, 0) is 9.09 Å². The summed E-state index contributed by atoms with van der Waals surface area (Å²) in [6, 6.07) is 5.30. The van der Waals surface area contributed by atoms with Gasteiger partial charge in [0.15, 0.2) is 0 Å². The van der Waals surface area contributed by atoms with Gasteiger partial charge in [-0.3, -0.25) is 14.6 Å². The molecule has 0 aromatic heterocycles. The van der Waals surface area contributed by atoms with Crippen LogP contribution in [0.1, 0.15) is 0 Å². The van der Waals surface area contributed by atoms with Crippen molar-refractivity contribution >= 4 is 23.9 Å². The number of benzene rings is 1. The summed E-state index contributed by atoms with van der Waals surface area (Å²) in [5, 5.41) is 10.4. The highest BCUT2D eigenvalue weighted by Gasteiger charge is 2.23. The number of hydrogen-bond acceptors (Lipinski definition) is 6. The molecule has 6 nitrogen and oxygen atoms in total. The van der Waals surface area contributed by atoms with Crippen LogP contribution in [-0.4, -0.2) is 18.3 Å². The summed E-state index contributed by atoms with van der Waals surface area (Å²) in [4.78, 5) is 9.87. The maximum absolute atomic E-state index is 11.7. The summed E-state index contributed by atoms with van der Waals surface area (Å²) in [7, 11) is 1.28. The van der Waals surface area contributed by atoms with Gasteiger partial charge in [0.25, 0.3) is 5.69 Å². The van der Waals surface area contributed by atoms with Gasteiger partial charge in [-0.05, 0) is 29.8 Å². The van der Waals surface area contributed by atoms with Gasteiger partial charge in [-0.1, -0.05) is 0 Å². The summed E-state index contributed by atoms with van der Waals surface area (Å²) in [5.41, 5.74) is -0.0521. The quantitative estimate of drug-likeness (QED) is 0.461. The Morgan fingerprint density at radius 2 is 1.94 bits per heavy atom. The molecule has 1 aromatic rings. The van der Waals surface area contributed by atoms with Gasteiger partial charge in [0.1, 0.15) is 5.75 Å². The smallest absolute Gasteiger partial charge is 0.417 e. The predicted molar refractivity (Wildman–Crippen MR) is 61.9 cm³/mol. The number of nitro benzene ring substituents is 1. The summed E-state index contributed by atoms with van der Waals surface area (Å²) in [5.74, 6) is 0.269. The van der Waals surface area contributed by atoms with Crippen LogP contribution in [0.5, 0.6) is 5.75 Å². The zero-order valence-corrected chi connectivity index (χ0v) is 10.4. The zero-order valence-electron chi connectivity index (χ0n) is 8.65. The van der Waals surface area contributed by atoms with E-state index in [-0.39, 0.29) is 11.4 Å². The first kappa shape index (κ1) is 13.0. The third kappa shape index (κ3) is 3.23. The highest BCUT2D eigenvalue weighted by Crippen LogP contribution is 2.57. The predicted octanol–water partition coefficient (Wildman–Crippen LogP) is 3.09. The van der Waals surface area contributed by atoms with Gasteiger partial charge in [0.05, 0.1) is 4.92 Å². The van der Waals surface area contributed by atoms with Crippen molar-refractivity contribution < 1.29 is 18.5 Å². The van der Waals surface area contributed by atoms with E-state index in [1.807, 2.05) is 0 Å². The Balaban J connectivity index is 2.83. The topological polar surface area (TPSA) is 78.7 Å². The molecule has 0 aliphatic heterocycles. The molecule has 0 amide bonds. The number of nitrogens with zero attached hydrogens (tertiary/aromatic N) is 1. The van der Waals surface area contributed by atoms with E-state index in [9.17, 15) is 14.7 Å². The van der Waals surface area contributed by atoms with E-state index in [2.05, 4.69) is 0 Å². The molecule has 0 saturated heterocycles. The summed E-state index contributed by atoms with van der Waals surface area (Å²) in [6.07, 6.45) is 1.59. The van der Waals surface area contributed by atoms with Crippen LogP contribution in [0.15, 0.2) is 24.3 Å². The zero-order chi connectivity index (χ0) is 12.2. The minimum Gasteiger partial charge on any atom is -0.417 e. The van der Waals surface area contributed by atoms with Crippen molar-refractivity contribution in [1.82, 2.24) is 0 Å². The summed E-state index contributed by atoms with van der Waals surface area (Å²) < 4.78 is 21.6. The fraction of sp³-hybridized carbons (Fsp3) is 0.250. The second-order valence-corrected chi connectivity index (χ2v) is 6.90. The maximum Gasteiger partial charge on any atom is 0.439 e. The van der Waals surface area contributed by atoms with E-state index < -0.39 is 11.7 Å². The number of non-ortho nitro benzene ring substituents is 1. The fourth-order valence-electron chi connectivity index (χ4n) is 0.907. The normalized spacial score (nSPS) is 14.1. The first-order valence-corrected chi connectivity index (χ1v) is 7.53. The lowest BCUT2D eigenvalue weighted by molar-refractivity contribution is -0.384. The average Bonchev–Trinajstić information content (AvgIpc) is 2.29. The van der Waals surface area contributed by atoms with Crippen molar-refractivity contribution in [3.05, 3.63) is 34.4 Å². The Morgan fingerprint density at radius 1 is 1.38 bits per heavy atom. The highest BCUT2D eigenvalue weighted by molar-refractivity contribution is 8.54. The lowest BCUT2D eigenvalue weighted by Crippen LogP contribution is -1.92. The van der Waals surface area contributed by atoms with Crippen molar-refractivity contribution in [2.24, 2.45) is 0 Å². The molecular weight excluding hydrogens is 253 g/mol. The fourth-order valence-corrected chi connectivity index (χ4v) is 2.51. The highest BCUT2D eigenvalue weighted by atomic mass is 32.7. The van der Waals surface area contributed by atoms with Crippen LogP contribution in [0, 0.1) is 10.1 Å². The first-order chi connectivity index (χ1) is 7.50. The van der Waals surface area contributed by atoms with E-state index in [0.717, 1.165) is 11.4 Å². The maximum atomic E-state index is 11.7. The van der Waals surface area contributed by atoms with E-state index in [1.165, 1.54) is 31.4 Å². The molecule has 1 aromatic carbocycles. The second-order valence-electron chi connectivity index (χ2n) is 2.65. The molecule has 0 unspecified atom stereocenters. The average molecular weight is 263 g/mol. The van der Waals surface area contributed by atoms with Crippen LogP contribution in [0.3, 0.4) is 0 Å². The third-order valence-electron chi connectivity index (χ3n) is 1.71. The summed E-state index contributed by atoms with van der Waals surface area (Å²) >= 11 is 0.955. The Bertz CT molecular complexity index is 413. The molecule has 0 N–H and O–H groups in total. The van der Waals surface area contributed by atoms with Crippen LogP contribution >= 0.6 is 18.2 Å². The van der Waals surface area contributed by atoms with Gasteiger partial charge in [0, 0.05) is 19.2 Å².